The van der Waals surface area contributed by atoms with Crippen LogP contribution in [0.2, 0.25) is 0 Å². The van der Waals surface area contributed by atoms with E-state index in [0.717, 1.165) is 30.5 Å². The van der Waals surface area contributed by atoms with Crippen molar-refractivity contribution in [3.8, 4) is 0 Å². The van der Waals surface area contributed by atoms with Crippen molar-refractivity contribution >= 4 is 29.9 Å². The zero-order valence-corrected chi connectivity index (χ0v) is 20.1. The fourth-order valence-corrected chi connectivity index (χ4v) is 3.50. The van der Waals surface area contributed by atoms with E-state index in [9.17, 15) is 0 Å². The highest BCUT2D eigenvalue weighted by atomic mass is 127. The Morgan fingerprint density at radius 3 is 2.45 bits per heavy atom. The van der Waals surface area contributed by atoms with Gasteiger partial charge in [-0.05, 0) is 43.0 Å². The predicted molar refractivity (Wildman–Crippen MR) is 129 cm³/mol. The minimum absolute atomic E-state index is 0. The van der Waals surface area contributed by atoms with Gasteiger partial charge in [0, 0.05) is 26.2 Å². The molecule has 1 fully saturated rings. The normalized spacial score (nSPS) is 15.2. The van der Waals surface area contributed by atoms with Gasteiger partial charge in [-0.25, -0.2) is 0 Å². The molecule has 1 aromatic heterocycles. The Kier molecular flexibility index (Phi) is 9.93. The molecule has 0 radical (unpaired) electrons. The number of likely N-dealkylation sites (tertiary alicyclic amines) is 1. The molecule has 2 N–H and O–H groups in total. The van der Waals surface area contributed by atoms with E-state index in [4.69, 9.17) is 4.52 Å². The van der Waals surface area contributed by atoms with Gasteiger partial charge in [0.15, 0.2) is 11.7 Å². The lowest BCUT2D eigenvalue weighted by atomic mass is 10.0. The van der Waals surface area contributed by atoms with Crippen LogP contribution in [0.15, 0.2) is 39.8 Å². The molecular weight excluding hydrogens is 477 g/mol. The number of guanidine groups is 1. The summed E-state index contributed by atoms with van der Waals surface area (Å²) in [4.78, 5) is 6.89. The summed E-state index contributed by atoms with van der Waals surface area (Å²) in [6.07, 6.45) is 4.00. The van der Waals surface area contributed by atoms with Gasteiger partial charge >= 0.3 is 0 Å². The van der Waals surface area contributed by atoms with Crippen LogP contribution < -0.4 is 10.6 Å². The van der Waals surface area contributed by atoms with Crippen molar-refractivity contribution in [1.82, 2.24) is 20.7 Å². The molecule has 29 heavy (non-hydrogen) atoms. The summed E-state index contributed by atoms with van der Waals surface area (Å²) in [5.74, 6) is 1.94. The second-order valence-electron chi connectivity index (χ2n) is 7.76. The number of rotatable bonds is 7. The van der Waals surface area contributed by atoms with E-state index < -0.39 is 0 Å². The highest BCUT2D eigenvalue weighted by molar-refractivity contribution is 14.0. The molecule has 160 valence electrons. The van der Waals surface area contributed by atoms with Crippen molar-refractivity contribution in [2.24, 2.45) is 4.99 Å². The average molecular weight is 511 g/mol. The van der Waals surface area contributed by atoms with Crippen molar-refractivity contribution in [3.05, 3.63) is 52.9 Å². The highest BCUT2D eigenvalue weighted by Gasteiger charge is 2.13. The van der Waals surface area contributed by atoms with Crippen molar-refractivity contribution in [1.29, 1.82) is 0 Å². The SMILES string of the molecule is CN=C(NCc1cc(C(C)C)no1)NCc1ccccc1CN1CCCCC1.I. The molecule has 3 rings (SSSR count). The van der Waals surface area contributed by atoms with E-state index in [2.05, 4.69) is 63.8 Å². The van der Waals surface area contributed by atoms with E-state index in [0.29, 0.717) is 12.5 Å². The third kappa shape index (κ3) is 7.29. The largest absolute Gasteiger partial charge is 0.359 e. The molecule has 0 spiro atoms. The third-order valence-corrected chi connectivity index (χ3v) is 5.23. The van der Waals surface area contributed by atoms with Gasteiger partial charge in [-0.2, -0.15) is 0 Å². The highest BCUT2D eigenvalue weighted by Crippen LogP contribution is 2.16. The molecule has 0 amide bonds. The lowest BCUT2D eigenvalue weighted by molar-refractivity contribution is 0.220. The molecular formula is C22H34IN5O. The number of aliphatic imine (C=N–C) groups is 1. The molecule has 1 aromatic carbocycles. The number of hydrogen-bond acceptors (Lipinski definition) is 4. The fraction of sp³-hybridized carbons (Fsp3) is 0.545. The first-order valence-corrected chi connectivity index (χ1v) is 10.3. The molecule has 1 aliphatic heterocycles. The van der Waals surface area contributed by atoms with Crippen molar-refractivity contribution < 1.29 is 4.52 Å². The molecule has 0 unspecified atom stereocenters. The smallest absolute Gasteiger partial charge is 0.191 e. The standard InChI is InChI=1S/C22H33N5O.HI/c1-17(2)21-13-20(28-26-21)15-25-22(23-3)24-14-18-9-5-6-10-19(18)16-27-11-7-4-8-12-27;/h5-6,9-10,13,17H,4,7-8,11-12,14-16H2,1-3H3,(H2,23,24,25);1H. The van der Waals surface area contributed by atoms with Crippen molar-refractivity contribution in [3.63, 3.8) is 0 Å². The summed E-state index contributed by atoms with van der Waals surface area (Å²) < 4.78 is 5.39. The maximum absolute atomic E-state index is 5.39. The van der Waals surface area contributed by atoms with E-state index in [1.807, 2.05) is 6.07 Å². The third-order valence-electron chi connectivity index (χ3n) is 5.23. The lowest BCUT2D eigenvalue weighted by Gasteiger charge is -2.27. The van der Waals surface area contributed by atoms with Crippen LogP contribution in [0.4, 0.5) is 0 Å². The summed E-state index contributed by atoms with van der Waals surface area (Å²) in [7, 11) is 1.79. The number of aromatic nitrogens is 1. The Morgan fingerprint density at radius 1 is 1.10 bits per heavy atom. The maximum Gasteiger partial charge on any atom is 0.191 e. The zero-order chi connectivity index (χ0) is 19.8. The van der Waals surface area contributed by atoms with E-state index in [1.165, 1.54) is 43.5 Å². The molecule has 1 saturated heterocycles. The van der Waals surface area contributed by atoms with Crippen LogP contribution in [0, 0.1) is 0 Å². The molecule has 1 aliphatic rings. The molecule has 0 atom stereocenters. The van der Waals surface area contributed by atoms with Crippen LogP contribution >= 0.6 is 24.0 Å². The van der Waals surface area contributed by atoms with Gasteiger partial charge in [0.25, 0.3) is 0 Å². The van der Waals surface area contributed by atoms with Gasteiger partial charge in [-0.15, -0.1) is 24.0 Å². The van der Waals surface area contributed by atoms with E-state index in [1.54, 1.807) is 7.05 Å². The van der Waals surface area contributed by atoms with Crippen LogP contribution in [-0.4, -0.2) is 36.2 Å². The monoisotopic (exact) mass is 511 g/mol. The molecule has 0 bridgehead atoms. The molecule has 2 aromatic rings. The minimum atomic E-state index is 0. The van der Waals surface area contributed by atoms with E-state index >= 15 is 0 Å². The Morgan fingerprint density at radius 2 is 1.79 bits per heavy atom. The topological polar surface area (TPSA) is 65.7 Å². The molecule has 6 nitrogen and oxygen atoms in total. The maximum atomic E-state index is 5.39. The molecule has 2 heterocycles. The first-order valence-electron chi connectivity index (χ1n) is 10.3. The molecule has 0 aliphatic carbocycles. The van der Waals surface area contributed by atoms with Crippen LogP contribution in [0.3, 0.4) is 0 Å². The van der Waals surface area contributed by atoms with Crippen molar-refractivity contribution in [2.45, 2.75) is 58.7 Å². The Bertz CT molecular complexity index is 768. The second-order valence-corrected chi connectivity index (χ2v) is 7.76. The van der Waals surface area contributed by atoms with Crippen LogP contribution in [0.25, 0.3) is 0 Å². The van der Waals surface area contributed by atoms with Crippen LogP contribution in [0.5, 0.6) is 0 Å². The van der Waals surface area contributed by atoms with Crippen molar-refractivity contribution in [2.75, 3.05) is 20.1 Å². The zero-order valence-electron chi connectivity index (χ0n) is 17.8. The van der Waals surface area contributed by atoms with Gasteiger partial charge in [0.05, 0.1) is 12.2 Å². The van der Waals surface area contributed by atoms with E-state index in [-0.39, 0.29) is 24.0 Å². The summed E-state index contributed by atoms with van der Waals surface area (Å²) in [5.41, 5.74) is 3.69. The Hall–Kier alpha value is -1.61. The lowest BCUT2D eigenvalue weighted by Crippen LogP contribution is -2.36. The predicted octanol–water partition coefficient (Wildman–Crippen LogP) is 4.27. The number of nitrogens with one attached hydrogen (secondary N) is 2. The fourth-order valence-electron chi connectivity index (χ4n) is 3.50. The van der Waals surface area contributed by atoms with Gasteiger partial charge in [0.1, 0.15) is 0 Å². The quantitative estimate of drug-likeness (QED) is 0.330. The van der Waals surface area contributed by atoms with Gasteiger partial charge < -0.3 is 15.2 Å². The molecule has 0 saturated carbocycles. The first-order chi connectivity index (χ1) is 13.7. The Labute approximate surface area is 191 Å². The average Bonchev–Trinajstić information content (AvgIpc) is 3.19. The number of nitrogens with zero attached hydrogens (tertiary/aromatic N) is 3. The number of piperidine rings is 1. The van der Waals surface area contributed by atoms with Crippen LogP contribution in [0.1, 0.15) is 61.6 Å². The number of halogens is 1. The summed E-state index contributed by atoms with van der Waals surface area (Å²) in [6, 6.07) is 10.7. The first kappa shape index (κ1) is 23.7. The summed E-state index contributed by atoms with van der Waals surface area (Å²) >= 11 is 0. The number of hydrogen-bond donors (Lipinski definition) is 2. The van der Waals surface area contributed by atoms with Gasteiger partial charge in [-0.1, -0.05) is 49.7 Å². The second kappa shape index (κ2) is 12.2. The van der Waals surface area contributed by atoms with Gasteiger partial charge in [0.2, 0.25) is 0 Å². The van der Waals surface area contributed by atoms with Crippen LogP contribution in [-0.2, 0) is 19.6 Å². The summed E-state index contributed by atoms with van der Waals surface area (Å²) in [6.45, 7) is 8.97. The summed E-state index contributed by atoms with van der Waals surface area (Å²) in [5, 5.41) is 10.8. The molecule has 7 heteroatoms. The van der Waals surface area contributed by atoms with Gasteiger partial charge in [-0.3, -0.25) is 9.89 Å². The Balaban J connectivity index is 0.00000300. The number of benzene rings is 1. The minimum Gasteiger partial charge on any atom is -0.359 e.